The largest absolute Gasteiger partial charge is 0.260 e. The highest BCUT2D eigenvalue weighted by molar-refractivity contribution is 5.32. The fourth-order valence-electron chi connectivity index (χ4n) is 0.244. The van der Waals surface area contributed by atoms with Crippen LogP contribution in [0.15, 0.2) is 11.4 Å². The standard InChI is InChI=1S/C2HN5O/c8-2-4-7-1-3-5-6-7/h1H. The Morgan fingerprint density at radius 1 is 1.75 bits per heavy atom. The average Bonchev–Trinajstić information content (AvgIpc) is 2.19. The lowest BCUT2D eigenvalue weighted by atomic mass is 11.4. The molecule has 6 nitrogen and oxygen atoms in total. The third-order valence-corrected chi connectivity index (χ3v) is 0.481. The van der Waals surface area contributed by atoms with Gasteiger partial charge in [0.05, 0.1) is 0 Å². The van der Waals surface area contributed by atoms with Gasteiger partial charge in [0.1, 0.15) is 0 Å². The summed E-state index contributed by atoms with van der Waals surface area (Å²) in [6.45, 7) is 0. The van der Waals surface area contributed by atoms with Crippen LogP contribution in [-0.2, 0) is 4.79 Å². The molecule has 0 aromatic carbocycles. The minimum absolute atomic E-state index is 0.910. The van der Waals surface area contributed by atoms with Crippen molar-refractivity contribution in [3.8, 4) is 0 Å². The molecule has 0 radical (unpaired) electrons. The van der Waals surface area contributed by atoms with Crippen molar-refractivity contribution in [1.82, 2.24) is 20.3 Å². The highest BCUT2D eigenvalue weighted by Gasteiger charge is 1.80. The predicted octanol–water partition coefficient (Wildman–Crippen LogP) is -1.23. The van der Waals surface area contributed by atoms with Gasteiger partial charge < -0.3 is 0 Å². The normalized spacial score (nSPS) is 8.00. The van der Waals surface area contributed by atoms with Gasteiger partial charge in [-0.15, -0.1) is 9.89 Å². The minimum Gasteiger partial charge on any atom is -0.209 e. The number of tetrazole rings is 1. The van der Waals surface area contributed by atoms with Crippen LogP contribution < -0.4 is 0 Å². The maximum Gasteiger partial charge on any atom is 0.260 e. The van der Waals surface area contributed by atoms with Crippen molar-refractivity contribution in [1.29, 1.82) is 0 Å². The monoisotopic (exact) mass is 111 g/mol. The van der Waals surface area contributed by atoms with Gasteiger partial charge in [-0.05, 0) is 10.4 Å². The Labute approximate surface area is 43.8 Å². The minimum atomic E-state index is 0.910. The topological polar surface area (TPSA) is 73.0 Å². The van der Waals surface area contributed by atoms with Gasteiger partial charge in [-0.2, -0.15) is 0 Å². The molecule has 40 valence electrons. The first kappa shape index (κ1) is 4.61. The zero-order valence-corrected chi connectivity index (χ0v) is 3.72. The SMILES string of the molecule is O=C=Nn1cnnn1. The van der Waals surface area contributed by atoms with Crippen LogP contribution in [0.3, 0.4) is 0 Å². The van der Waals surface area contributed by atoms with Gasteiger partial charge in [0, 0.05) is 0 Å². The second kappa shape index (κ2) is 1.94. The smallest absolute Gasteiger partial charge is 0.209 e. The first-order chi connectivity index (χ1) is 3.93. The Morgan fingerprint density at radius 2 is 2.62 bits per heavy atom. The number of carbonyl (C=O) groups excluding carboxylic acids is 1. The quantitative estimate of drug-likeness (QED) is 0.336. The first-order valence-corrected chi connectivity index (χ1v) is 1.74. The van der Waals surface area contributed by atoms with E-state index in [4.69, 9.17) is 0 Å². The molecule has 0 atom stereocenters. The third kappa shape index (κ3) is 0.742. The number of rotatable bonds is 1. The van der Waals surface area contributed by atoms with E-state index < -0.39 is 0 Å². The van der Waals surface area contributed by atoms with E-state index in [9.17, 15) is 4.79 Å². The Morgan fingerprint density at radius 3 is 3.12 bits per heavy atom. The molecule has 0 fully saturated rings. The zero-order chi connectivity index (χ0) is 5.82. The molecule has 0 saturated carbocycles. The van der Waals surface area contributed by atoms with Gasteiger partial charge in [-0.1, -0.05) is 5.10 Å². The predicted molar refractivity (Wildman–Crippen MR) is 21.3 cm³/mol. The van der Waals surface area contributed by atoms with Crippen molar-refractivity contribution < 1.29 is 4.79 Å². The lowest BCUT2D eigenvalue weighted by molar-refractivity contribution is 0.554. The van der Waals surface area contributed by atoms with Crippen LogP contribution in [-0.4, -0.2) is 26.4 Å². The molecule has 8 heavy (non-hydrogen) atoms. The van der Waals surface area contributed by atoms with Crippen molar-refractivity contribution in [3.63, 3.8) is 0 Å². The summed E-state index contributed by atoms with van der Waals surface area (Å²) in [6.07, 6.45) is 2.45. The Bertz CT molecular complexity index is 196. The molecule has 1 heterocycles. The van der Waals surface area contributed by atoms with E-state index in [1.807, 2.05) is 0 Å². The molecule has 0 unspecified atom stereocenters. The lowest BCUT2D eigenvalue weighted by Gasteiger charge is -1.72. The maximum absolute atomic E-state index is 9.46. The Balaban J connectivity index is 2.93. The average molecular weight is 111 g/mol. The van der Waals surface area contributed by atoms with Crippen LogP contribution in [0.4, 0.5) is 0 Å². The van der Waals surface area contributed by atoms with Crippen LogP contribution in [0.1, 0.15) is 0 Å². The van der Waals surface area contributed by atoms with E-state index in [0.717, 1.165) is 4.79 Å². The Kier molecular flexibility index (Phi) is 1.12. The van der Waals surface area contributed by atoms with Crippen LogP contribution in [0, 0.1) is 0 Å². The molecule has 0 aliphatic rings. The molecule has 1 aromatic rings. The molecule has 0 bridgehead atoms. The second-order valence-corrected chi connectivity index (χ2v) is 0.921. The fraction of sp³-hybridized carbons (Fsp3) is 0. The van der Waals surface area contributed by atoms with Crippen LogP contribution in [0.5, 0.6) is 0 Å². The molecule has 0 aliphatic heterocycles. The molecule has 0 N–H and O–H groups in total. The summed E-state index contributed by atoms with van der Waals surface area (Å²) >= 11 is 0. The second-order valence-electron chi connectivity index (χ2n) is 0.921. The van der Waals surface area contributed by atoms with Gasteiger partial charge in [0.15, 0.2) is 6.33 Å². The van der Waals surface area contributed by atoms with Crippen molar-refractivity contribution >= 4 is 6.08 Å². The number of aromatic nitrogens is 4. The van der Waals surface area contributed by atoms with Gasteiger partial charge in [0.2, 0.25) is 0 Å². The highest BCUT2D eigenvalue weighted by Crippen LogP contribution is 1.68. The van der Waals surface area contributed by atoms with Crippen molar-refractivity contribution in [3.05, 3.63) is 6.33 Å². The van der Waals surface area contributed by atoms with Crippen LogP contribution >= 0.6 is 0 Å². The summed E-state index contributed by atoms with van der Waals surface area (Å²) in [7, 11) is 0. The van der Waals surface area contributed by atoms with E-state index in [1.54, 1.807) is 0 Å². The highest BCUT2D eigenvalue weighted by atomic mass is 16.1. The van der Waals surface area contributed by atoms with Gasteiger partial charge >= 0.3 is 0 Å². The van der Waals surface area contributed by atoms with Crippen molar-refractivity contribution in [2.24, 2.45) is 5.10 Å². The lowest BCUT2D eigenvalue weighted by Crippen LogP contribution is -1.86. The van der Waals surface area contributed by atoms with E-state index in [-0.39, 0.29) is 0 Å². The number of hydrogen-bond acceptors (Lipinski definition) is 5. The molecule has 6 heteroatoms. The summed E-state index contributed by atoms with van der Waals surface area (Å²) in [4.78, 5) is 10.4. The zero-order valence-electron chi connectivity index (χ0n) is 3.72. The number of hydrogen-bond donors (Lipinski definition) is 0. The molecule has 0 amide bonds. The first-order valence-electron chi connectivity index (χ1n) is 1.74. The molecule has 0 aliphatic carbocycles. The van der Waals surface area contributed by atoms with Crippen LogP contribution in [0.25, 0.3) is 0 Å². The number of isocyanates is 1. The van der Waals surface area contributed by atoms with E-state index >= 15 is 0 Å². The Hall–Kier alpha value is -1.55. The van der Waals surface area contributed by atoms with Gasteiger partial charge in [-0.25, -0.2) is 4.79 Å². The van der Waals surface area contributed by atoms with E-state index in [0.29, 0.717) is 0 Å². The van der Waals surface area contributed by atoms with Crippen molar-refractivity contribution in [2.75, 3.05) is 0 Å². The summed E-state index contributed by atoms with van der Waals surface area (Å²) in [5, 5.41) is 12.7. The summed E-state index contributed by atoms with van der Waals surface area (Å²) < 4.78 is 0. The molecular formula is C2HN5O. The summed E-state index contributed by atoms with van der Waals surface area (Å²) in [5.41, 5.74) is 0. The van der Waals surface area contributed by atoms with E-state index in [2.05, 4.69) is 20.6 Å². The van der Waals surface area contributed by atoms with Gasteiger partial charge in [-0.3, -0.25) is 0 Å². The summed E-state index contributed by atoms with van der Waals surface area (Å²) in [6, 6.07) is 0. The molecular weight excluding hydrogens is 110 g/mol. The summed E-state index contributed by atoms with van der Waals surface area (Å²) in [5.74, 6) is 0. The third-order valence-electron chi connectivity index (χ3n) is 0.481. The van der Waals surface area contributed by atoms with Crippen LogP contribution in [0.2, 0.25) is 0 Å². The van der Waals surface area contributed by atoms with E-state index in [1.165, 1.54) is 12.4 Å². The molecule has 0 saturated heterocycles. The van der Waals surface area contributed by atoms with Crippen molar-refractivity contribution in [2.45, 2.75) is 0 Å². The van der Waals surface area contributed by atoms with Gasteiger partial charge in [0.25, 0.3) is 6.08 Å². The molecule has 1 aromatic heterocycles. The molecule has 0 spiro atoms. The fourth-order valence-corrected chi connectivity index (χ4v) is 0.244. The maximum atomic E-state index is 9.46. The number of nitrogens with zero attached hydrogens (tertiary/aromatic N) is 5. The molecule has 1 rings (SSSR count).